The molecule has 0 aliphatic carbocycles. The molecule has 0 unspecified atom stereocenters. The van der Waals surface area contributed by atoms with Crippen LogP contribution < -0.4 is 5.32 Å². The number of rotatable bonds is 3. The van der Waals surface area contributed by atoms with Gasteiger partial charge in [-0.1, -0.05) is 6.08 Å². The van der Waals surface area contributed by atoms with Crippen LogP contribution in [0.15, 0.2) is 11.6 Å². The Labute approximate surface area is 78.1 Å². The molecule has 0 fully saturated rings. The number of allylic oxidation sites excluding steroid dienone is 1. The summed E-state index contributed by atoms with van der Waals surface area (Å²) in [4.78, 5) is 7.86. The maximum Gasteiger partial charge on any atom is 0.318 e. The molecular weight excluding hydrogens is 232 g/mol. The Kier molecular flexibility index (Phi) is 4.37. The van der Waals surface area contributed by atoms with Crippen molar-refractivity contribution >= 4 is 21.8 Å². The van der Waals surface area contributed by atoms with Crippen LogP contribution in [0.25, 0.3) is 0 Å². The SMILES string of the molecule is C/C=C(/C)C(=O)NCC(F)(F)Br. The number of hydrogen-bond acceptors (Lipinski definition) is 1. The highest BCUT2D eigenvalue weighted by Crippen LogP contribution is 2.19. The smallest absolute Gasteiger partial charge is 0.318 e. The third-order valence-corrected chi connectivity index (χ3v) is 1.52. The van der Waals surface area contributed by atoms with Crippen molar-refractivity contribution in [1.29, 1.82) is 0 Å². The Hall–Kier alpha value is -0.450. The molecule has 0 aromatic rings. The second kappa shape index (κ2) is 4.54. The molecule has 0 aromatic carbocycles. The van der Waals surface area contributed by atoms with E-state index in [2.05, 4.69) is 21.2 Å². The van der Waals surface area contributed by atoms with E-state index in [1.54, 1.807) is 19.9 Å². The highest BCUT2D eigenvalue weighted by Gasteiger charge is 2.24. The average Bonchev–Trinajstić information content (AvgIpc) is 1.97. The molecule has 0 radical (unpaired) electrons. The molecule has 1 amide bonds. The van der Waals surface area contributed by atoms with E-state index in [-0.39, 0.29) is 0 Å². The first-order chi connectivity index (χ1) is 5.37. The standard InChI is InChI=1S/C7H10BrF2NO/c1-3-5(2)6(12)11-4-7(8,9)10/h3H,4H2,1-2H3,(H,11,12)/b5-3-. The Bertz CT molecular complexity index is 198. The predicted molar refractivity (Wildman–Crippen MR) is 46.3 cm³/mol. The van der Waals surface area contributed by atoms with Gasteiger partial charge in [-0.15, -0.1) is 0 Å². The summed E-state index contributed by atoms with van der Waals surface area (Å²) in [7, 11) is 0. The zero-order chi connectivity index (χ0) is 9.78. The van der Waals surface area contributed by atoms with Gasteiger partial charge in [-0.25, -0.2) is 0 Å². The van der Waals surface area contributed by atoms with Gasteiger partial charge in [0.1, 0.15) is 0 Å². The van der Waals surface area contributed by atoms with Gasteiger partial charge in [0.15, 0.2) is 0 Å². The molecule has 0 atom stereocenters. The largest absolute Gasteiger partial charge is 0.345 e. The van der Waals surface area contributed by atoms with Crippen molar-refractivity contribution in [3.8, 4) is 0 Å². The van der Waals surface area contributed by atoms with E-state index in [9.17, 15) is 13.6 Å². The van der Waals surface area contributed by atoms with Crippen LogP contribution in [0.4, 0.5) is 8.78 Å². The third kappa shape index (κ3) is 5.23. The molecule has 0 rings (SSSR count). The van der Waals surface area contributed by atoms with Crippen molar-refractivity contribution in [2.45, 2.75) is 18.7 Å². The van der Waals surface area contributed by atoms with Gasteiger partial charge in [0.2, 0.25) is 5.91 Å². The minimum atomic E-state index is -3.03. The number of halogens is 3. The highest BCUT2D eigenvalue weighted by molar-refractivity contribution is 9.10. The fraction of sp³-hybridized carbons (Fsp3) is 0.571. The van der Waals surface area contributed by atoms with Crippen molar-refractivity contribution in [3.63, 3.8) is 0 Å². The number of nitrogens with one attached hydrogen (secondary N) is 1. The number of amides is 1. The highest BCUT2D eigenvalue weighted by atomic mass is 79.9. The fourth-order valence-electron chi connectivity index (χ4n) is 0.451. The van der Waals surface area contributed by atoms with Crippen LogP contribution in [-0.4, -0.2) is 17.3 Å². The quantitative estimate of drug-likeness (QED) is 0.595. The topological polar surface area (TPSA) is 29.1 Å². The summed E-state index contributed by atoms with van der Waals surface area (Å²) in [5.41, 5.74) is 0.423. The first kappa shape index (κ1) is 11.6. The number of carbonyl (C=O) groups is 1. The summed E-state index contributed by atoms with van der Waals surface area (Å²) in [6, 6.07) is 0. The Balaban J connectivity index is 3.89. The molecule has 0 spiro atoms. The molecule has 12 heavy (non-hydrogen) atoms. The van der Waals surface area contributed by atoms with E-state index in [4.69, 9.17) is 0 Å². The van der Waals surface area contributed by atoms with Crippen molar-refractivity contribution < 1.29 is 13.6 Å². The number of alkyl halides is 3. The van der Waals surface area contributed by atoms with Gasteiger partial charge < -0.3 is 5.32 Å². The average molecular weight is 242 g/mol. The summed E-state index contributed by atoms with van der Waals surface area (Å²) in [5, 5.41) is 2.07. The maximum atomic E-state index is 12.1. The van der Waals surface area contributed by atoms with Gasteiger partial charge >= 0.3 is 4.83 Å². The Morgan fingerprint density at radius 1 is 1.67 bits per heavy atom. The minimum absolute atomic E-state index is 0.423. The van der Waals surface area contributed by atoms with E-state index in [1.807, 2.05) is 0 Å². The lowest BCUT2D eigenvalue weighted by Gasteiger charge is -2.09. The van der Waals surface area contributed by atoms with Crippen LogP contribution in [0, 0.1) is 0 Å². The zero-order valence-corrected chi connectivity index (χ0v) is 8.41. The van der Waals surface area contributed by atoms with Crippen LogP contribution in [0.2, 0.25) is 0 Å². The second-order valence-corrected chi connectivity index (χ2v) is 3.43. The molecule has 0 aliphatic heterocycles. The van der Waals surface area contributed by atoms with E-state index in [1.165, 1.54) is 0 Å². The molecule has 0 saturated heterocycles. The fourth-order valence-corrected chi connectivity index (χ4v) is 0.591. The normalized spacial score (nSPS) is 12.9. The minimum Gasteiger partial charge on any atom is -0.345 e. The van der Waals surface area contributed by atoms with Crippen LogP contribution in [-0.2, 0) is 4.79 Å². The molecule has 0 aliphatic rings. The van der Waals surface area contributed by atoms with Crippen LogP contribution in [0.1, 0.15) is 13.8 Å². The van der Waals surface area contributed by atoms with Gasteiger partial charge in [-0.2, -0.15) is 8.78 Å². The summed E-state index contributed by atoms with van der Waals surface area (Å²) in [6.07, 6.45) is 1.56. The summed E-state index contributed by atoms with van der Waals surface area (Å²) in [6.45, 7) is 2.53. The molecule has 2 nitrogen and oxygen atoms in total. The van der Waals surface area contributed by atoms with Gasteiger partial charge in [0.05, 0.1) is 6.54 Å². The lowest BCUT2D eigenvalue weighted by atomic mass is 10.3. The molecular formula is C7H10BrF2NO. The van der Waals surface area contributed by atoms with Crippen LogP contribution >= 0.6 is 15.9 Å². The van der Waals surface area contributed by atoms with Gasteiger partial charge in [0.25, 0.3) is 0 Å². The Morgan fingerprint density at radius 3 is 2.50 bits per heavy atom. The molecule has 0 saturated carbocycles. The van der Waals surface area contributed by atoms with Gasteiger partial charge in [0, 0.05) is 5.57 Å². The molecule has 0 bridgehead atoms. The van der Waals surface area contributed by atoms with E-state index < -0.39 is 17.3 Å². The van der Waals surface area contributed by atoms with Crippen LogP contribution in [0.3, 0.4) is 0 Å². The summed E-state index contributed by atoms with van der Waals surface area (Å²) >= 11 is 2.11. The Morgan fingerprint density at radius 2 is 2.17 bits per heavy atom. The summed E-state index contributed by atoms with van der Waals surface area (Å²) in [5.74, 6) is -0.475. The van der Waals surface area contributed by atoms with Crippen LogP contribution in [0.5, 0.6) is 0 Å². The van der Waals surface area contributed by atoms with E-state index >= 15 is 0 Å². The second-order valence-electron chi connectivity index (χ2n) is 2.27. The summed E-state index contributed by atoms with van der Waals surface area (Å²) < 4.78 is 24.3. The molecule has 0 aromatic heterocycles. The number of carbonyl (C=O) groups excluding carboxylic acids is 1. The van der Waals surface area contributed by atoms with E-state index in [0.717, 1.165) is 0 Å². The maximum absolute atomic E-state index is 12.1. The molecule has 0 heterocycles. The predicted octanol–water partition coefficient (Wildman–Crippen LogP) is 2.06. The molecule has 1 N–H and O–H groups in total. The number of hydrogen-bond donors (Lipinski definition) is 1. The first-order valence-corrected chi connectivity index (χ1v) is 4.14. The van der Waals surface area contributed by atoms with Crippen molar-refractivity contribution in [3.05, 3.63) is 11.6 Å². The lowest BCUT2D eigenvalue weighted by Crippen LogP contribution is -2.33. The van der Waals surface area contributed by atoms with Crippen molar-refractivity contribution in [1.82, 2.24) is 5.32 Å². The van der Waals surface area contributed by atoms with E-state index in [0.29, 0.717) is 5.57 Å². The van der Waals surface area contributed by atoms with Gasteiger partial charge in [-0.05, 0) is 29.8 Å². The molecule has 70 valence electrons. The lowest BCUT2D eigenvalue weighted by molar-refractivity contribution is -0.118. The third-order valence-electron chi connectivity index (χ3n) is 1.24. The first-order valence-electron chi connectivity index (χ1n) is 3.34. The van der Waals surface area contributed by atoms with Gasteiger partial charge in [-0.3, -0.25) is 4.79 Å². The zero-order valence-electron chi connectivity index (χ0n) is 6.83. The molecule has 5 heteroatoms. The monoisotopic (exact) mass is 241 g/mol. The van der Waals surface area contributed by atoms with Crippen molar-refractivity contribution in [2.24, 2.45) is 0 Å². The van der Waals surface area contributed by atoms with Crippen molar-refractivity contribution in [2.75, 3.05) is 6.54 Å².